The summed E-state index contributed by atoms with van der Waals surface area (Å²) in [6, 6.07) is 5.86. The van der Waals surface area contributed by atoms with E-state index in [4.69, 9.17) is 10.5 Å². The van der Waals surface area contributed by atoms with Crippen LogP contribution < -0.4 is 10.5 Å². The Hall–Kier alpha value is -1.26. The Morgan fingerprint density at radius 2 is 2.35 bits per heavy atom. The molecule has 1 unspecified atom stereocenters. The lowest BCUT2D eigenvalue weighted by Gasteiger charge is -2.30. The molecular formula is C13H20N2O2. The second kappa shape index (κ2) is 5.38. The molecule has 17 heavy (non-hydrogen) atoms. The zero-order chi connectivity index (χ0) is 12.3. The molecule has 1 atom stereocenters. The van der Waals surface area contributed by atoms with Crippen LogP contribution in [0.4, 0.5) is 5.69 Å². The fourth-order valence-electron chi connectivity index (χ4n) is 2.32. The van der Waals surface area contributed by atoms with Crippen molar-refractivity contribution < 1.29 is 9.84 Å². The summed E-state index contributed by atoms with van der Waals surface area (Å²) < 4.78 is 5.13. The van der Waals surface area contributed by atoms with Gasteiger partial charge in [-0.25, -0.2) is 0 Å². The van der Waals surface area contributed by atoms with Gasteiger partial charge in [0.15, 0.2) is 0 Å². The molecule has 1 aromatic rings. The molecule has 4 heteroatoms. The third-order valence-electron chi connectivity index (χ3n) is 3.18. The number of piperidine rings is 1. The van der Waals surface area contributed by atoms with E-state index in [1.165, 1.54) is 0 Å². The highest BCUT2D eigenvalue weighted by Crippen LogP contribution is 2.23. The molecule has 3 N–H and O–H groups in total. The molecule has 2 rings (SSSR count). The Morgan fingerprint density at radius 3 is 3.00 bits per heavy atom. The van der Waals surface area contributed by atoms with Gasteiger partial charge in [-0.1, -0.05) is 6.07 Å². The van der Waals surface area contributed by atoms with Crippen molar-refractivity contribution in [2.45, 2.75) is 25.5 Å². The summed E-state index contributed by atoms with van der Waals surface area (Å²) in [5, 5.41) is 9.61. The lowest BCUT2D eigenvalue weighted by Crippen LogP contribution is -2.37. The number of hydrogen-bond donors (Lipinski definition) is 2. The molecule has 1 aliphatic rings. The maximum absolute atomic E-state index is 9.61. The number of β-amino-alcohol motifs (C(OH)–C–C–N with tert-alkyl or cyclic N) is 1. The number of hydrogen-bond acceptors (Lipinski definition) is 4. The van der Waals surface area contributed by atoms with E-state index < -0.39 is 0 Å². The van der Waals surface area contributed by atoms with Gasteiger partial charge in [-0.05, 0) is 37.1 Å². The van der Waals surface area contributed by atoms with Crippen LogP contribution in [0.5, 0.6) is 5.75 Å². The average Bonchev–Trinajstić information content (AvgIpc) is 2.29. The number of ether oxygens (including phenoxy) is 1. The van der Waals surface area contributed by atoms with E-state index >= 15 is 0 Å². The Balaban J connectivity index is 2.00. The van der Waals surface area contributed by atoms with Gasteiger partial charge in [0.05, 0.1) is 18.9 Å². The minimum Gasteiger partial charge on any atom is -0.495 e. The lowest BCUT2D eigenvalue weighted by molar-refractivity contribution is 0.0668. The molecule has 0 radical (unpaired) electrons. The number of rotatable bonds is 3. The Bertz CT molecular complexity index is 382. The van der Waals surface area contributed by atoms with Crippen LogP contribution in [-0.4, -0.2) is 36.3 Å². The van der Waals surface area contributed by atoms with E-state index in [0.29, 0.717) is 11.4 Å². The fraction of sp³-hybridized carbons (Fsp3) is 0.538. The molecule has 0 spiro atoms. The lowest BCUT2D eigenvalue weighted by atomic mass is 10.1. The monoisotopic (exact) mass is 236 g/mol. The number of anilines is 1. The summed E-state index contributed by atoms with van der Waals surface area (Å²) >= 11 is 0. The van der Waals surface area contributed by atoms with Crippen molar-refractivity contribution >= 4 is 5.69 Å². The van der Waals surface area contributed by atoms with Crippen molar-refractivity contribution in [3.63, 3.8) is 0 Å². The van der Waals surface area contributed by atoms with E-state index in [0.717, 1.165) is 38.0 Å². The van der Waals surface area contributed by atoms with Gasteiger partial charge in [0.2, 0.25) is 0 Å². The predicted molar refractivity (Wildman–Crippen MR) is 67.9 cm³/mol. The van der Waals surface area contributed by atoms with Crippen LogP contribution in [0.3, 0.4) is 0 Å². The molecule has 0 aliphatic carbocycles. The summed E-state index contributed by atoms with van der Waals surface area (Å²) in [5.41, 5.74) is 7.70. The maximum atomic E-state index is 9.61. The third kappa shape index (κ3) is 3.11. The Kier molecular flexibility index (Phi) is 3.86. The Morgan fingerprint density at radius 1 is 1.53 bits per heavy atom. The van der Waals surface area contributed by atoms with Crippen molar-refractivity contribution in [1.82, 2.24) is 4.90 Å². The van der Waals surface area contributed by atoms with Crippen LogP contribution in [0, 0.1) is 0 Å². The highest BCUT2D eigenvalue weighted by atomic mass is 16.5. The van der Waals surface area contributed by atoms with Crippen molar-refractivity contribution in [3.05, 3.63) is 23.8 Å². The van der Waals surface area contributed by atoms with Gasteiger partial charge >= 0.3 is 0 Å². The summed E-state index contributed by atoms with van der Waals surface area (Å²) in [6.45, 7) is 2.64. The molecule has 0 bridgehead atoms. The SMILES string of the molecule is COc1ccc(CN2CCCC(O)C2)cc1N. The van der Waals surface area contributed by atoms with Gasteiger partial charge in [0.25, 0.3) is 0 Å². The molecule has 4 nitrogen and oxygen atoms in total. The first-order valence-electron chi connectivity index (χ1n) is 6.02. The summed E-state index contributed by atoms with van der Waals surface area (Å²) in [6.07, 6.45) is 1.80. The third-order valence-corrected chi connectivity index (χ3v) is 3.18. The van der Waals surface area contributed by atoms with E-state index in [2.05, 4.69) is 4.90 Å². The van der Waals surface area contributed by atoms with Crippen LogP contribution in [0.15, 0.2) is 18.2 Å². The van der Waals surface area contributed by atoms with Gasteiger partial charge in [-0.15, -0.1) is 0 Å². The molecule has 0 aromatic heterocycles. The Labute approximate surface area is 102 Å². The molecule has 1 aromatic carbocycles. The number of benzene rings is 1. The second-order valence-electron chi connectivity index (χ2n) is 4.61. The van der Waals surface area contributed by atoms with E-state index in [9.17, 15) is 5.11 Å². The van der Waals surface area contributed by atoms with Crippen molar-refractivity contribution in [2.75, 3.05) is 25.9 Å². The van der Waals surface area contributed by atoms with Crippen LogP contribution in [0.2, 0.25) is 0 Å². The zero-order valence-electron chi connectivity index (χ0n) is 10.2. The molecule has 1 fully saturated rings. The number of nitrogens with zero attached hydrogens (tertiary/aromatic N) is 1. The van der Waals surface area contributed by atoms with Crippen LogP contribution in [0.1, 0.15) is 18.4 Å². The second-order valence-corrected chi connectivity index (χ2v) is 4.61. The zero-order valence-corrected chi connectivity index (χ0v) is 10.2. The van der Waals surface area contributed by atoms with Gasteiger partial charge in [0.1, 0.15) is 5.75 Å². The number of nitrogen functional groups attached to an aromatic ring is 1. The summed E-state index contributed by atoms with van der Waals surface area (Å²) in [5.74, 6) is 0.715. The fourth-order valence-corrected chi connectivity index (χ4v) is 2.32. The maximum Gasteiger partial charge on any atom is 0.141 e. The van der Waals surface area contributed by atoms with Gasteiger partial charge in [-0.3, -0.25) is 4.90 Å². The quantitative estimate of drug-likeness (QED) is 0.775. The number of likely N-dealkylation sites (tertiary alicyclic amines) is 1. The largest absolute Gasteiger partial charge is 0.495 e. The van der Waals surface area contributed by atoms with Crippen LogP contribution >= 0.6 is 0 Å². The number of aliphatic hydroxyl groups is 1. The van der Waals surface area contributed by atoms with Crippen LogP contribution in [-0.2, 0) is 6.54 Å². The van der Waals surface area contributed by atoms with Crippen molar-refractivity contribution in [2.24, 2.45) is 0 Å². The van der Waals surface area contributed by atoms with E-state index in [-0.39, 0.29) is 6.10 Å². The minimum atomic E-state index is -0.181. The molecule has 1 aliphatic heterocycles. The number of nitrogens with two attached hydrogens (primary N) is 1. The molecule has 94 valence electrons. The number of aliphatic hydroxyl groups excluding tert-OH is 1. The van der Waals surface area contributed by atoms with E-state index in [1.54, 1.807) is 7.11 Å². The van der Waals surface area contributed by atoms with E-state index in [1.807, 2.05) is 18.2 Å². The summed E-state index contributed by atoms with van der Waals surface area (Å²) in [7, 11) is 1.62. The van der Waals surface area contributed by atoms with Crippen molar-refractivity contribution in [3.8, 4) is 5.75 Å². The number of methoxy groups -OCH3 is 1. The minimum absolute atomic E-state index is 0.181. The van der Waals surface area contributed by atoms with Crippen molar-refractivity contribution in [1.29, 1.82) is 0 Å². The van der Waals surface area contributed by atoms with Crippen LogP contribution in [0.25, 0.3) is 0 Å². The summed E-state index contributed by atoms with van der Waals surface area (Å²) in [4.78, 5) is 2.26. The molecule has 1 heterocycles. The standard InChI is InChI=1S/C13H20N2O2/c1-17-13-5-4-10(7-12(13)14)8-15-6-2-3-11(16)9-15/h4-5,7,11,16H,2-3,6,8-9,14H2,1H3. The molecular weight excluding hydrogens is 216 g/mol. The predicted octanol–water partition coefficient (Wildman–Crippen LogP) is 1.23. The average molecular weight is 236 g/mol. The molecule has 1 saturated heterocycles. The topological polar surface area (TPSA) is 58.7 Å². The highest BCUT2D eigenvalue weighted by Gasteiger charge is 2.17. The van der Waals surface area contributed by atoms with Gasteiger partial charge in [0, 0.05) is 13.1 Å². The highest BCUT2D eigenvalue weighted by molar-refractivity contribution is 5.54. The smallest absolute Gasteiger partial charge is 0.141 e. The van der Waals surface area contributed by atoms with Gasteiger partial charge in [-0.2, -0.15) is 0 Å². The molecule has 0 amide bonds. The first-order chi connectivity index (χ1) is 8.19. The molecule has 0 saturated carbocycles. The normalized spacial score (nSPS) is 21.4. The van der Waals surface area contributed by atoms with Gasteiger partial charge < -0.3 is 15.6 Å². The first-order valence-corrected chi connectivity index (χ1v) is 6.02. The first kappa shape index (κ1) is 12.2.